The fraction of sp³-hybridized carbons (Fsp3) is 0.579. The zero-order valence-electron chi connectivity index (χ0n) is 31.4. The van der Waals surface area contributed by atoms with E-state index >= 15 is 0 Å². The summed E-state index contributed by atoms with van der Waals surface area (Å²) in [5.41, 5.74) is 0.571. The second-order valence-electron chi connectivity index (χ2n) is 15.9. The molecule has 13 nitrogen and oxygen atoms in total. The van der Waals surface area contributed by atoms with Crippen LogP contribution in [0.2, 0.25) is 0 Å². The molecule has 0 saturated carbocycles. The Morgan fingerprint density at radius 3 is 1.80 bits per heavy atom. The van der Waals surface area contributed by atoms with Crippen LogP contribution in [0.4, 0.5) is 19.2 Å². The molecule has 0 unspecified atom stereocenters. The molecule has 0 aliphatic carbocycles. The first kappa shape index (κ1) is 39.1. The van der Waals surface area contributed by atoms with E-state index in [1.165, 1.54) is 4.90 Å². The highest BCUT2D eigenvalue weighted by molar-refractivity contribution is 5.71. The van der Waals surface area contributed by atoms with Gasteiger partial charge >= 0.3 is 24.4 Å². The van der Waals surface area contributed by atoms with Gasteiger partial charge in [-0.3, -0.25) is 4.90 Å². The van der Waals surface area contributed by atoms with E-state index in [0.29, 0.717) is 18.8 Å². The van der Waals surface area contributed by atoms with E-state index in [4.69, 9.17) is 28.4 Å². The van der Waals surface area contributed by atoms with Gasteiger partial charge < -0.3 is 38.6 Å². The van der Waals surface area contributed by atoms with Crippen LogP contribution >= 0.6 is 0 Å². The van der Waals surface area contributed by atoms with Crippen LogP contribution in [0.5, 0.6) is 5.75 Å². The van der Waals surface area contributed by atoms with E-state index in [9.17, 15) is 19.2 Å². The molecule has 1 N–H and O–H groups in total. The van der Waals surface area contributed by atoms with E-state index in [1.807, 2.05) is 57.2 Å². The van der Waals surface area contributed by atoms with Gasteiger partial charge in [-0.25, -0.2) is 19.2 Å². The van der Waals surface area contributed by atoms with E-state index in [-0.39, 0.29) is 31.5 Å². The summed E-state index contributed by atoms with van der Waals surface area (Å²) < 4.78 is 33.5. The molecule has 2 aromatic carbocycles. The predicted octanol–water partition coefficient (Wildman–Crippen LogP) is 6.81. The largest absolute Gasteiger partial charge is 0.509 e. The molecule has 2 heterocycles. The molecule has 280 valence electrons. The van der Waals surface area contributed by atoms with E-state index < -0.39 is 53.4 Å². The van der Waals surface area contributed by atoms with Crippen molar-refractivity contribution in [3.63, 3.8) is 0 Å². The number of carbonyl (C=O) groups excluding carboxylic acids is 4. The van der Waals surface area contributed by atoms with Crippen LogP contribution < -0.4 is 10.1 Å². The number of benzene rings is 2. The molecule has 3 atom stereocenters. The van der Waals surface area contributed by atoms with E-state index in [2.05, 4.69) is 5.32 Å². The van der Waals surface area contributed by atoms with Crippen molar-refractivity contribution in [1.82, 2.24) is 15.1 Å². The highest BCUT2D eigenvalue weighted by Crippen LogP contribution is 2.31. The molecule has 2 fully saturated rings. The second-order valence-corrected chi connectivity index (χ2v) is 15.9. The number of carbonyl (C=O) groups is 4. The quantitative estimate of drug-likeness (QED) is 0.229. The standard InChI is InChI=1S/C38H53N3O10/c1-36(2,3)49-33(43)40-21-27(22-40)26-15-11-25(12-16-26)20-39-32(42)48-31-29(19-24-13-17-28(46-10)18-14-24)41(34(44)50-37(4,5)6)23-30(31)47-35(45)51-38(7,8)9/h11-18,27,29-31H,19-23H2,1-10H3,(H,39,42)/t29-,30+,31+/m1/s1. The third-order valence-corrected chi connectivity index (χ3v) is 8.06. The first-order chi connectivity index (χ1) is 23.7. The number of nitrogens with one attached hydrogen (secondary N) is 1. The van der Waals surface area contributed by atoms with Crippen molar-refractivity contribution in [2.45, 2.75) is 116 Å². The number of rotatable bonds is 8. The molecular formula is C38H53N3O10. The molecule has 4 rings (SSSR count). The predicted molar refractivity (Wildman–Crippen MR) is 189 cm³/mol. The molecule has 2 saturated heterocycles. The third-order valence-electron chi connectivity index (χ3n) is 8.06. The van der Waals surface area contributed by atoms with Gasteiger partial charge in [0.2, 0.25) is 0 Å². The minimum atomic E-state index is -1.05. The minimum absolute atomic E-state index is 0.0824. The SMILES string of the molecule is COc1ccc(C[C@@H]2[C@H](OC(=O)NCc3ccc(C4CN(C(=O)OC(C)(C)C)C4)cc3)[C@@H](OC(=O)OC(C)(C)C)CN2C(=O)OC(C)(C)C)cc1. The van der Waals surface area contributed by atoms with Crippen LogP contribution in [-0.2, 0) is 36.6 Å². The number of methoxy groups -OCH3 is 1. The first-order valence-corrected chi connectivity index (χ1v) is 17.2. The monoisotopic (exact) mass is 711 g/mol. The summed E-state index contributed by atoms with van der Waals surface area (Å²) in [6.07, 6.45) is -4.48. The summed E-state index contributed by atoms with van der Waals surface area (Å²) in [6.45, 7) is 17.2. The fourth-order valence-corrected chi connectivity index (χ4v) is 5.69. The number of hydrogen-bond acceptors (Lipinski definition) is 10. The van der Waals surface area contributed by atoms with Crippen molar-refractivity contribution in [2.75, 3.05) is 26.7 Å². The van der Waals surface area contributed by atoms with Gasteiger partial charge in [0.15, 0.2) is 12.2 Å². The fourth-order valence-electron chi connectivity index (χ4n) is 5.69. The average Bonchev–Trinajstić information content (AvgIpc) is 3.29. The number of ether oxygens (including phenoxy) is 6. The van der Waals surface area contributed by atoms with Crippen LogP contribution in [0.25, 0.3) is 0 Å². The Kier molecular flexibility index (Phi) is 12.0. The topological polar surface area (TPSA) is 142 Å². The van der Waals surface area contributed by atoms with Crippen LogP contribution in [-0.4, -0.2) is 96.0 Å². The number of nitrogens with zero attached hydrogens (tertiary/aromatic N) is 2. The number of alkyl carbamates (subject to hydrolysis) is 1. The van der Waals surface area contributed by atoms with Gasteiger partial charge in [-0.05, 0) is 97.6 Å². The second kappa shape index (κ2) is 15.7. The number of hydrogen-bond donors (Lipinski definition) is 1. The van der Waals surface area contributed by atoms with Crippen molar-refractivity contribution in [3.05, 3.63) is 65.2 Å². The first-order valence-electron chi connectivity index (χ1n) is 17.2. The lowest BCUT2D eigenvalue weighted by Crippen LogP contribution is -2.50. The molecular weight excluding hydrogens is 658 g/mol. The van der Waals surface area contributed by atoms with Crippen molar-refractivity contribution in [2.24, 2.45) is 0 Å². The zero-order chi connectivity index (χ0) is 37.7. The molecule has 0 bridgehead atoms. The van der Waals surface area contributed by atoms with Gasteiger partial charge in [0.05, 0.1) is 19.7 Å². The molecule has 51 heavy (non-hydrogen) atoms. The van der Waals surface area contributed by atoms with Gasteiger partial charge in [-0.15, -0.1) is 0 Å². The smallest absolute Gasteiger partial charge is 0.497 e. The zero-order valence-corrected chi connectivity index (χ0v) is 31.4. The van der Waals surface area contributed by atoms with E-state index in [0.717, 1.165) is 16.7 Å². The maximum atomic E-state index is 13.5. The average molecular weight is 712 g/mol. The maximum Gasteiger partial charge on any atom is 0.509 e. The molecule has 2 aromatic rings. The highest BCUT2D eigenvalue weighted by Gasteiger charge is 2.50. The third kappa shape index (κ3) is 11.7. The molecule has 2 aliphatic heterocycles. The van der Waals surface area contributed by atoms with Crippen molar-refractivity contribution >= 4 is 24.4 Å². The number of amides is 3. The summed E-state index contributed by atoms with van der Waals surface area (Å²) in [6, 6.07) is 14.3. The molecule has 2 aliphatic rings. The molecule has 3 amide bonds. The van der Waals surface area contributed by atoms with Crippen molar-refractivity contribution in [1.29, 1.82) is 0 Å². The van der Waals surface area contributed by atoms with Gasteiger partial charge in [0.1, 0.15) is 22.6 Å². The molecule has 13 heteroatoms. The summed E-state index contributed by atoms with van der Waals surface area (Å²) in [5.74, 6) is 0.861. The lowest BCUT2D eigenvalue weighted by Gasteiger charge is -2.40. The Labute approximate surface area is 300 Å². The van der Waals surface area contributed by atoms with Crippen molar-refractivity contribution < 1.29 is 47.6 Å². The highest BCUT2D eigenvalue weighted by atomic mass is 16.7. The lowest BCUT2D eigenvalue weighted by atomic mass is 9.91. The lowest BCUT2D eigenvalue weighted by molar-refractivity contribution is -0.0518. The van der Waals surface area contributed by atoms with Crippen LogP contribution in [0.1, 0.15) is 84.9 Å². The van der Waals surface area contributed by atoms with Crippen LogP contribution in [0, 0.1) is 0 Å². The molecule has 0 aromatic heterocycles. The Morgan fingerprint density at radius 2 is 1.25 bits per heavy atom. The van der Waals surface area contributed by atoms with Crippen LogP contribution in [0.3, 0.4) is 0 Å². The molecule has 0 spiro atoms. The summed E-state index contributed by atoms with van der Waals surface area (Å²) in [5, 5.41) is 2.79. The maximum absolute atomic E-state index is 13.5. The van der Waals surface area contributed by atoms with Crippen LogP contribution in [0.15, 0.2) is 48.5 Å². The number of likely N-dealkylation sites (tertiary alicyclic amines) is 2. The Hall–Kier alpha value is -4.68. The minimum Gasteiger partial charge on any atom is -0.497 e. The Morgan fingerprint density at radius 1 is 0.706 bits per heavy atom. The van der Waals surface area contributed by atoms with Gasteiger partial charge in [-0.1, -0.05) is 36.4 Å². The van der Waals surface area contributed by atoms with Gasteiger partial charge in [0.25, 0.3) is 0 Å². The molecule has 0 radical (unpaired) electrons. The van der Waals surface area contributed by atoms with Gasteiger partial charge in [0, 0.05) is 25.6 Å². The van der Waals surface area contributed by atoms with E-state index in [1.54, 1.807) is 65.7 Å². The van der Waals surface area contributed by atoms with Gasteiger partial charge in [-0.2, -0.15) is 0 Å². The summed E-state index contributed by atoms with van der Waals surface area (Å²) >= 11 is 0. The summed E-state index contributed by atoms with van der Waals surface area (Å²) in [7, 11) is 1.57. The Bertz CT molecular complexity index is 1520. The summed E-state index contributed by atoms with van der Waals surface area (Å²) in [4.78, 5) is 55.1. The Balaban J connectivity index is 1.46. The van der Waals surface area contributed by atoms with Crippen molar-refractivity contribution in [3.8, 4) is 5.75 Å². The normalized spacial score (nSPS) is 19.5.